The lowest BCUT2D eigenvalue weighted by Crippen LogP contribution is -2.16. The molecule has 0 saturated heterocycles. The third kappa shape index (κ3) is 5.45. The van der Waals surface area contributed by atoms with Crippen molar-refractivity contribution in [2.75, 3.05) is 0 Å². The van der Waals surface area contributed by atoms with E-state index in [4.69, 9.17) is 0 Å². The predicted octanol–water partition coefficient (Wildman–Crippen LogP) is 6.98. The normalized spacial score (nSPS) is 15.5. The maximum absolute atomic E-state index is 13.2. The van der Waals surface area contributed by atoms with Gasteiger partial charge in [0.15, 0.2) is 5.78 Å². The Morgan fingerprint density at radius 2 is 1.68 bits per heavy atom. The number of benzene rings is 3. The molecule has 4 heteroatoms. The molecule has 1 N–H and O–H groups in total. The summed E-state index contributed by atoms with van der Waals surface area (Å²) in [6, 6.07) is 19.9. The highest BCUT2D eigenvalue weighted by molar-refractivity contribution is 6.15. The van der Waals surface area contributed by atoms with Crippen LogP contribution in [0.25, 0.3) is 11.6 Å². The molecule has 190 valence electrons. The number of aromatic carboxylic acids is 1. The molecule has 0 aromatic heterocycles. The van der Waals surface area contributed by atoms with Crippen LogP contribution in [0.4, 0.5) is 0 Å². The molecule has 3 aromatic rings. The van der Waals surface area contributed by atoms with E-state index in [9.17, 15) is 14.7 Å². The zero-order valence-electron chi connectivity index (χ0n) is 22.8. The van der Waals surface area contributed by atoms with Gasteiger partial charge in [0, 0.05) is 21.2 Å². The SMILES string of the molecule is Cc1ccc(C2=CC(C)(C)c3cc(C(=O)C=Cc4ccc(C(=O)O)c(C(C)C(C)(C)[SiH3])c4)ccc32)cc1. The van der Waals surface area contributed by atoms with Crippen molar-refractivity contribution in [2.24, 2.45) is 0 Å². The first kappa shape index (κ1) is 26.6. The Kier molecular flexibility index (Phi) is 7.00. The van der Waals surface area contributed by atoms with Gasteiger partial charge in [-0.05, 0) is 69.5 Å². The lowest BCUT2D eigenvalue weighted by molar-refractivity contribution is 0.0694. The number of carboxylic acids is 1. The summed E-state index contributed by atoms with van der Waals surface area (Å²) in [6.07, 6.45) is 5.67. The standard InChI is InChI=1S/C33H36O3Si/c1-20-7-11-23(12-8-20)28-19-32(3,4)29-18-24(13-15-25(28)29)30(34)16-10-22-9-14-26(31(35)36)27(17-22)21(2)33(5,6)37/h7-19,21H,1-6,37H3,(H,35,36). The minimum atomic E-state index is -0.918. The van der Waals surface area contributed by atoms with Crippen LogP contribution in [-0.4, -0.2) is 27.1 Å². The lowest BCUT2D eigenvalue weighted by Gasteiger charge is -2.29. The summed E-state index contributed by atoms with van der Waals surface area (Å²) < 4.78 is 0. The number of ketones is 1. The average Bonchev–Trinajstić information content (AvgIpc) is 3.11. The molecule has 0 amide bonds. The molecule has 0 spiro atoms. The van der Waals surface area contributed by atoms with Gasteiger partial charge in [-0.1, -0.05) is 101 Å². The number of aryl methyl sites for hydroxylation is 1. The van der Waals surface area contributed by atoms with E-state index >= 15 is 0 Å². The van der Waals surface area contributed by atoms with Crippen LogP contribution in [-0.2, 0) is 5.41 Å². The van der Waals surface area contributed by atoms with Crippen molar-refractivity contribution >= 4 is 33.6 Å². The topological polar surface area (TPSA) is 54.4 Å². The maximum Gasteiger partial charge on any atom is 0.335 e. The van der Waals surface area contributed by atoms with E-state index in [0.717, 1.165) is 26.9 Å². The number of carboxylic acid groups (broad SMARTS) is 1. The number of hydrogen-bond donors (Lipinski definition) is 1. The van der Waals surface area contributed by atoms with Crippen LogP contribution < -0.4 is 0 Å². The molecule has 0 radical (unpaired) electrons. The van der Waals surface area contributed by atoms with Gasteiger partial charge in [0.2, 0.25) is 0 Å². The number of carbonyl (C=O) groups is 2. The quantitative estimate of drug-likeness (QED) is 0.213. The Labute approximate surface area is 223 Å². The zero-order valence-corrected chi connectivity index (χ0v) is 24.8. The Bertz CT molecular complexity index is 1430. The summed E-state index contributed by atoms with van der Waals surface area (Å²) in [5, 5.41) is 9.74. The van der Waals surface area contributed by atoms with E-state index in [1.54, 1.807) is 24.3 Å². The van der Waals surface area contributed by atoms with Crippen LogP contribution in [0.2, 0.25) is 5.04 Å². The summed E-state index contributed by atoms with van der Waals surface area (Å²) in [6.45, 7) is 12.9. The molecular weight excluding hydrogens is 472 g/mol. The smallest absolute Gasteiger partial charge is 0.335 e. The first-order valence-corrected chi connectivity index (χ1v) is 13.8. The number of carbonyl (C=O) groups excluding carboxylic acids is 1. The summed E-state index contributed by atoms with van der Waals surface area (Å²) in [7, 11) is 0.940. The van der Waals surface area contributed by atoms with Crippen molar-refractivity contribution in [1.82, 2.24) is 0 Å². The van der Waals surface area contributed by atoms with Crippen molar-refractivity contribution < 1.29 is 14.7 Å². The molecule has 1 aliphatic carbocycles. The van der Waals surface area contributed by atoms with E-state index in [0.29, 0.717) is 11.1 Å². The Hall–Kier alpha value is -3.50. The third-order valence-electron chi connectivity index (χ3n) is 7.65. The van der Waals surface area contributed by atoms with Gasteiger partial charge in [0.05, 0.1) is 5.56 Å². The molecule has 0 heterocycles. The molecule has 37 heavy (non-hydrogen) atoms. The monoisotopic (exact) mass is 508 g/mol. The van der Waals surface area contributed by atoms with Gasteiger partial charge in [0.1, 0.15) is 0 Å². The first-order chi connectivity index (χ1) is 17.3. The largest absolute Gasteiger partial charge is 0.478 e. The van der Waals surface area contributed by atoms with Gasteiger partial charge in [0.25, 0.3) is 0 Å². The molecule has 0 saturated carbocycles. The average molecular weight is 509 g/mol. The van der Waals surface area contributed by atoms with E-state index < -0.39 is 5.97 Å². The molecule has 3 aromatic carbocycles. The van der Waals surface area contributed by atoms with Gasteiger partial charge in [-0.3, -0.25) is 4.79 Å². The number of allylic oxidation sites excluding steroid dienone is 2. The maximum atomic E-state index is 13.2. The molecule has 3 nitrogen and oxygen atoms in total. The second-order valence-electron chi connectivity index (χ2n) is 11.8. The van der Waals surface area contributed by atoms with Crippen LogP contribution >= 0.6 is 0 Å². The van der Waals surface area contributed by atoms with Crippen molar-refractivity contribution in [3.63, 3.8) is 0 Å². The second kappa shape index (κ2) is 9.75. The molecule has 1 atom stereocenters. The molecule has 1 unspecified atom stereocenters. The molecule has 0 bridgehead atoms. The van der Waals surface area contributed by atoms with Gasteiger partial charge in [-0.2, -0.15) is 0 Å². The Morgan fingerprint density at radius 3 is 2.30 bits per heavy atom. The van der Waals surface area contributed by atoms with E-state index in [1.165, 1.54) is 22.3 Å². The number of fused-ring (bicyclic) bond motifs is 1. The molecule has 4 rings (SSSR count). The van der Waals surface area contributed by atoms with E-state index in [-0.39, 0.29) is 22.2 Å². The number of rotatable bonds is 7. The van der Waals surface area contributed by atoms with Gasteiger partial charge >= 0.3 is 5.97 Å². The molecular formula is C33H36O3Si. The summed E-state index contributed by atoms with van der Waals surface area (Å²) in [5.41, 5.74) is 8.39. The van der Waals surface area contributed by atoms with Crippen molar-refractivity contribution in [2.45, 2.75) is 57.9 Å². The van der Waals surface area contributed by atoms with Crippen molar-refractivity contribution in [3.05, 3.63) is 117 Å². The lowest BCUT2D eigenvalue weighted by atomic mass is 9.85. The fourth-order valence-corrected chi connectivity index (χ4v) is 5.24. The van der Waals surface area contributed by atoms with Crippen LogP contribution in [0.1, 0.15) is 94.6 Å². The Morgan fingerprint density at radius 1 is 1.00 bits per heavy atom. The van der Waals surface area contributed by atoms with Crippen LogP contribution in [0, 0.1) is 6.92 Å². The highest BCUT2D eigenvalue weighted by Gasteiger charge is 2.31. The molecule has 0 fully saturated rings. The predicted molar refractivity (Wildman–Crippen MR) is 157 cm³/mol. The summed E-state index contributed by atoms with van der Waals surface area (Å²) in [5.74, 6) is -0.884. The van der Waals surface area contributed by atoms with Gasteiger partial charge in [-0.15, -0.1) is 0 Å². The first-order valence-electron chi connectivity index (χ1n) is 12.8. The van der Waals surface area contributed by atoms with Gasteiger partial charge < -0.3 is 5.11 Å². The Balaban J connectivity index is 1.63. The molecule has 0 aliphatic heterocycles. The minimum Gasteiger partial charge on any atom is -0.478 e. The third-order valence-corrected chi connectivity index (χ3v) is 8.52. The van der Waals surface area contributed by atoms with E-state index in [2.05, 4.69) is 78.0 Å². The highest BCUT2D eigenvalue weighted by atomic mass is 28.1. The zero-order chi connectivity index (χ0) is 27.1. The fraction of sp³-hybridized carbons (Fsp3) is 0.273. The van der Waals surface area contributed by atoms with Crippen LogP contribution in [0.15, 0.2) is 72.8 Å². The van der Waals surface area contributed by atoms with Crippen LogP contribution in [0.3, 0.4) is 0 Å². The number of hydrogen-bond acceptors (Lipinski definition) is 2. The summed E-state index contributed by atoms with van der Waals surface area (Å²) in [4.78, 5) is 25.0. The van der Waals surface area contributed by atoms with Crippen molar-refractivity contribution in [3.8, 4) is 0 Å². The minimum absolute atomic E-state index is 0.0467. The van der Waals surface area contributed by atoms with Crippen LogP contribution in [0.5, 0.6) is 0 Å². The van der Waals surface area contributed by atoms with E-state index in [1.807, 2.05) is 18.2 Å². The van der Waals surface area contributed by atoms with Crippen molar-refractivity contribution in [1.29, 1.82) is 0 Å². The molecule has 1 aliphatic rings. The van der Waals surface area contributed by atoms with Gasteiger partial charge in [-0.25, -0.2) is 4.79 Å². The highest BCUT2D eigenvalue weighted by Crippen LogP contribution is 2.44. The fourth-order valence-electron chi connectivity index (χ4n) is 4.93. The second-order valence-corrected chi connectivity index (χ2v) is 14.4. The summed E-state index contributed by atoms with van der Waals surface area (Å²) >= 11 is 0.